The molecule has 5 heteroatoms. The summed E-state index contributed by atoms with van der Waals surface area (Å²) in [5.74, 6) is 1.00. The molecule has 2 heterocycles. The zero-order valence-electron chi connectivity index (χ0n) is 9.35. The first-order valence-electron chi connectivity index (χ1n) is 5.39. The molecule has 0 atom stereocenters. The Labute approximate surface area is 94.5 Å². The summed E-state index contributed by atoms with van der Waals surface area (Å²) in [7, 11) is 0. The molecule has 0 radical (unpaired) electrons. The van der Waals surface area contributed by atoms with Crippen LogP contribution in [0, 0.1) is 0 Å². The maximum atomic E-state index is 11.0. The highest BCUT2D eigenvalue weighted by Crippen LogP contribution is 2.13. The van der Waals surface area contributed by atoms with Gasteiger partial charge in [-0.2, -0.15) is 0 Å². The number of anilines is 1. The molecule has 0 N–H and O–H groups in total. The summed E-state index contributed by atoms with van der Waals surface area (Å²) >= 11 is 0. The Morgan fingerprint density at radius 1 is 1.44 bits per heavy atom. The second-order valence-electron chi connectivity index (χ2n) is 3.85. The van der Waals surface area contributed by atoms with Gasteiger partial charge >= 0.3 is 0 Å². The van der Waals surface area contributed by atoms with Gasteiger partial charge in [0.25, 0.3) is 0 Å². The third kappa shape index (κ3) is 2.76. The zero-order chi connectivity index (χ0) is 11.4. The van der Waals surface area contributed by atoms with Crippen LogP contribution in [-0.2, 0) is 16.0 Å². The molecule has 5 nitrogen and oxygen atoms in total. The predicted molar refractivity (Wildman–Crippen MR) is 59.4 cm³/mol. The Bertz CT molecular complexity index is 375. The SMILES string of the molecule is CC(=O)Cc1cc(N2CCOCC2)ncn1. The van der Waals surface area contributed by atoms with E-state index < -0.39 is 0 Å². The molecule has 1 fully saturated rings. The number of morpholine rings is 1. The van der Waals surface area contributed by atoms with Gasteiger partial charge in [0, 0.05) is 25.6 Å². The van der Waals surface area contributed by atoms with Crippen molar-refractivity contribution in [3.8, 4) is 0 Å². The summed E-state index contributed by atoms with van der Waals surface area (Å²) in [5, 5.41) is 0. The predicted octanol–water partition coefficient (Wildman–Crippen LogP) is 0.445. The zero-order valence-corrected chi connectivity index (χ0v) is 9.35. The number of ether oxygens (including phenoxy) is 1. The normalized spacial score (nSPS) is 16.2. The molecule has 0 aliphatic carbocycles. The van der Waals surface area contributed by atoms with Crippen LogP contribution in [0.15, 0.2) is 12.4 Å². The van der Waals surface area contributed by atoms with E-state index in [0.717, 1.165) is 37.8 Å². The lowest BCUT2D eigenvalue weighted by atomic mass is 10.2. The maximum Gasteiger partial charge on any atom is 0.135 e. The Kier molecular flexibility index (Phi) is 3.46. The summed E-state index contributed by atoms with van der Waals surface area (Å²) < 4.78 is 5.28. The first-order chi connectivity index (χ1) is 7.75. The highest BCUT2D eigenvalue weighted by Gasteiger charge is 2.13. The molecular weight excluding hydrogens is 206 g/mol. The lowest BCUT2D eigenvalue weighted by Crippen LogP contribution is -2.36. The smallest absolute Gasteiger partial charge is 0.135 e. The van der Waals surface area contributed by atoms with E-state index in [2.05, 4.69) is 14.9 Å². The van der Waals surface area contributed by atoms with Gasteiger partial charge in [0.15, 0.2) is 0 Å². The van der Waals surface area contributed by atoms with Crippen molar-refractivity contribution in [1.82, 2.24) is 9.97 Å². The van der Waals surface area contributed by atoms with Crippen LogP contribution in [0.25, 0.3) is 0 Å². The van der Waals surface area contributed by atoms with Gasteiger partial charge < -0.3 is 9.64 Å². The Morgan fingerprint density at radius 2 is 2.19 bits per heavy atom. The van der Waals surface area contributed by atoms with Crippen LogP contribution in [-0.4, -0.2) is 42.1 Å². The summed E-state index contributed by atoms with van der Waals surface area (Å²) in [5.41, 5.74) is 0.781. The van der Waals surface area contributed by atoms with Crippen molar-refractivity contribution in [3.05, 3.63) is 18.1 Å². The van der Waals surface area contributed by atoms with Crippen LogP contribution in [0.2, 0.25) is 0 Å². The molecule has 2 rings (SSSR count). The highest BCUT2D eigenvalue weighted by atomic mass is 16.5. The van der Waals surface area contributed by atoms with Gasteiger partial charge in [-0.25, -0.2) is 9.97 Å². The van der Waals surface area contributed by atoms with E-state index in [1.807, 2.05) is 6.07 Å². The van der Waals surface area contributed by atoms with E-state index in [0.29, 0.717) is 6.42 Å². The number of rotatable bonds is 3. The van der Waals surface area contributed by atoms with Crippen LogP contribution in [0.4, 0.5) is 5.82 Å². The van der Waals surface area contributed by atoms with E-state index in [4.69, 9.17) is 4.74 Å². The molecule has 1 aliphatic rings. The van der Waals surface area contributed by atoms with Crippen molar-refractivity contribution in [1.29, 1.82) is 0 Å². The summed E-state index contributed by atoms with van der Waals surface area (Å²) in [4.78, 5) is 21.5. The minimum Gasteiger partial charge on any atom is -0.378 e. The van der Waals surface area contributed by atoms with Crippen LogP contribution < -0.4 is 4.90 Å². The molecule has 1 saturated heterocycles. The summed E-state index contributed by atoms with van der Waals surface area (Å²) in [6, 6.07) is 1.88. The van der Waals surface area contributed by atoms with Crippen molar-refractivity contribution in [2.24, 2.45) is 0 Å². The molecule has 1 aromatic rings. The lowest BCUT2D eigenvalue weighted by Gasteiger charge is -2.27. The molecule has 0 aromatic carbocycles. The molecular formula is C11H15N3O2. The van der Waals surface area contributed by atoms with E-state index in [9.17, 15) is 4.79 Å². The van der Waals surface area contributed by atoms with Crippen LogP contribution in [0.3, 0.4) is 0 Å². The van der Waals surface area contributed by atoms with Crippen molar-refractivity contribution >= 4 is 11.6 Å². The van der Waals surface area contributed by atoms with Crippen molar-refractivity contribution in [2.75, 3.05) is 31.2 Å². The average Bonchev–Trinajstić information content (AvgIpc) is 2.30. The number of aromatic nitrogens is 2. The van der Waals surface area contributed by atoms with Crippen molar-refractivity contribution in [3.63, 3.8) is 0 Å². The minimum atomic E-state index is 0.117. The van der Waals surface area contributed by atoms with Crippen molar-refractivity contribution in [2.45, 2.75) is 13.3 Å². The molecule has 1 aromatic heterocycles. The third-order valence-corrected chi connectivity index (χ3v) is 2.47. The molecule has 0 bridgehead atoms. The fraction of sp³-hybridized carbons (Fsp3) is 0.545. The molecule has 0 unspecified atom stereocenters. The van der Waals surface area contributed by atoms with E-state index in [1.165, 1.54) is 6.33 Å². The second kappa shape index (κ2) is 5.03. The van der Waals surface area contributed by atoms with Crippen LogP contribution >= 0.6 is 0 Å². The molecule has 0 saturated carbocycles. The van der Waals surface area contributed by atoms with E-state index >= 15 is 0 Å². The second-order valence-corrected chi connectivity index (χ2v) is 3.85. The highest BCUT2D eigenvalue weighted by molar-refractivity contribution is 5.77. The Hall–Kier alpha value is -1.49. The third-order valence-electron chi connectivity index (χ3n) is 2.47. The number of hydrogen-bond acceptors (Lipinski definition) is 5. The number of hydrogen-bond donors (Lipinski definition) is 0. The summed E-state index contributed by atoms with van der Waals surface area (Å²) in [6.45, 7) is 4.71. The fourth-order valence-corrected chi connectivity index (χ4v) is 1.70. The van der Waals surface area contributed by atoms with Crippen LogP contribution in [0.1, 0.15) is 12.6 Å². The minimum absolute atomic E-state index is 0.117. The van der Waals surface area contributed by atoms with Gasteiger partial charge in [0.1, 0.15) is 17.9 Å². The lowest BCUT2D eigenvalue weighted by molar-refractivity contribution is -0.116. The Morgan fingerprint density at radius 3 is 2.88 bits per heavy atom. The fourth-order valence-electron chi connectivity index (χ4n) is 1.70. The molecule has 86 valence electrons. The monoisotopic (exact) mass is 221 g/mol. The number of ketones is 1. The van der Waals surface area contributed by atoms with Gasteiger partial charge in [-0.15, -0.1) is 0 Å². The molecule has 0 spiro atoms. The van der Waals surface area contributed by atoms with Crippen molar-refractivity contribution < 1.29 is 9.53 Å². The van der Waals surface area contributed by atoms with E-state index in [-0.39, 0.29) is 5.78 Å². The largest absolute Gasteiger partial charge is 0.378 e. The van der Waals surface area contributed by atoms with Gasteiger partial charge in [-0.1, -0.05) is 0 Å². The first kappa shape index (κ1) is 11.0. The molecule has 1 aliphatic heterocycles. The van der Waals surface area contributed by atoms with Gasteiger partial charge in [0.05, 0.1) is 18.9 Å². The number of Topliss-reactive ketones (excluding diaryl/α,β-unsaturated/α-hetero) is 1. The Balaban J connectivity index is 2.11. The first-order valence-corrected chi connectivity index (χ1v) is 5.39. The molecule has 16 heavy (non-hydrogen) atoms. The summed E-state index contributed by atoms with van der Waals surface area (Å²) in [6.07, 6.45) is 1.89. The number of nitrogens with zero attached hydrogens (tertiary/aromatic N) is 3. The van der Waals surface area contributed by atoms with E-state index in [1.54, 1.807) is 6.92 Å². The number of carbonyl (C=O) groups excluding carboxylic acids is 1. The van der Waals surface area contributed by atoms with Crippen LogP contribution in [0.5, 0.6) is 0 Å². The number of carbonyl (C=O) groups is 1. The average molecular weight is 221 g/mol. The van der Waals surface area contributed by atoms with Gasteiger partial charge in [-0.05, 0) is 6.92 Å². The molecule has 0 amide bonds. The maximum absolute atomic E-state index is 11.0. The quantitative estimate of drug-likeness (QED) is 0.741. The van der Waals surface area contributed by atoms with Gasteiger partial charge in [-0.3, -0.25) is 4.79 Å². The topological polar surface area (TPSA) is 55.3 Å². The van der Waals surface area contributed by atoms with Gasteiger partial charge in [0.2, 0.25) is 0 Å². The standard InChI is InChI=1S/C11H15N3O2/c1-9(15)6-10-7-11(13-8-12-10)14-2-4-16-5-3-14/h7-8H,2-6H2,1H3.